The maximum absolute atomic E-state index is 10.8. The van der Waals surface area contributed by atoms with Gasteiger partial charge in [0.25, 0.3) is 0 Å². The molecule has 1 unspecified atom stereocenters. The monoisotopic (exact) mass is 226 g/mol. The van der Waals surface area contributed by atoms with Crippen LogP contribution in [0.1, 0.15) is 30.8 Å². The van der Waals surface area contributed by atoms with Crippen LogP contribution in [0.4, 0.5) is 5.00 Å². The predicted molar refractivity (Wildman–Crippen MR) is 59.5 cm³/mol. The molecule has 0 bridgehead atoms. The van der Waals surface area contributed by atoms with Crippen LogP contribution in [0.25, 0.3) is 0 Å². The van der Waals surface area contributed by atoms with Crippen molar-refractivity contribution >= 4 is 22.3 Å². The molecule has 1 saturated carbocycles. The average molecular weight is 226 g/mol. The van der Waals surface area contributed by atoms with E-state index in [1.54, 1.807) is 5.51 Å². The van der Waals surface area contributed by atoms with Gasteiger partial charge in [-0.25, -0.2) is 9.78 Å². The minimum Gasteiger partial charge on any atom is -0.476 e. The molecule has 1 heterocycles. The van der Waals surface area contributed by atoms with E-state index in [0.29, 0.717) is 16.3 Å². The van der Waals surface area contributed by atoms with E-state index in [0.717, 1.165) is 6.54 Å². The molecule has 1 aliphatic rings. The van der Waals surface area contributed by atoms with Crippen LogP contribution in [0.15, 0.2) is 5.51 Å². The Kier molecular flexibility index (Phi) is 2.42. The standard InChI is InChI=1S/C10H14N2O2S/c1-10(2)3-6(10)4-11-8-7(9(13)14)12-5-15-8/h5-6,11H,3-4H2,1-2H3,(H,13,14). The molecule has 5 heteroatoms. The van der Waals surface area contributed by atoms with E-state index in [4.69, 9.17) is 5.11 Å². The molecule has 0 aromatic carbocycles. The second-order valence-electron chi connectivity index (χ2n) is 4.61. The number of rotatable bonds is 4. The molecule has 1 atom stereocenters. The minimum atomic E-state index is -0.964. The summed E-state index contributed by atoms with van der Waals surface area (Å²) >= 11 is 1.34. The van der Waals surface area contributed by atoms with Crippen molar-refractivity contribution in [3.05, 3.63) is 11.2 Å². The molecule has 4 nitrogen and oxygen atoms in total. The predicted octanol–water partition coefficient (Wildman–Crippen LogP) is 2.30. The third-order valence-corrected chi connectivity index (χ3v) is 3.78. The van der Waals surface area contributed by atoms with Crippen LogP contribution in [-0.2, 0) is 0 Å². The molecule has 1 aromatic rings. The fraction of sp³-hybridized carbons (Fsp3) is 0.600. The normalized spacial score (nSPS) is 22.4. The van der Waals surface area contributed by atoms with Crippen LogP contribution >= 0.6 is 11.3 Å². The number of hydrogen-bond donors (Lipinski definition) is 2. The number of aromatic carboxylic acids is 1. The molecule has 0 saturated heterocycles. The number of aromatic nitrogens is 1. The molecule has 2 rings (SSSR count). The molecule has 1 aliphatic carbocycles. The lowest BCUT2D eigenvalue weighted by Gasteiger charge is -2.05. The Labute approximate surface area is 92.3 Å². The maximum Gasteiger partial charge on any atom is 0.357 e. The van der Waals surface area contributed by atoms with Gasteiger partial charge in [0.15, 0.2) is 5.69 Å². The van der Waals surface area contributed by atoms with Crippen molar-refractivity contribution < 1.29 is 9.90 Å². The van der Waals surface area contributed by atoms with E-state index in [1.165, 1.54) is 17.8 Å². The molecule has 2 N–H and O–H groups in total. The Morgan fingerprint density at radius 2 is 2.47 bits per heavy atom. The van der Waals surface area contributed by atoms with E-state index < -0.39 is 5.97 Å². The lowest BCUT2D eigenvalue weighted by Crippen LogP contribution is -2.09. The summed E-state index contributed by atoms with van der Waals surface area (Å²) in [7, 11) is 0. The van der Waals surface area contributed by atoms with Gasteiger partial charge in [-0.15, -0.1) is 11.3 Å². The van der Waals surface area contributed by atoms with Gasteiger partial charge < -0.3 is 10.4 Å². The highest BCUT2D eigenvalue weighted by atomic mass is 32.1. The first-order valence-electron chi connectivity index (χ1n) is 4.91. The van der Waals surface area contributed by atoms with Crippen molar-refractivity contribution in [3.8, 4) is 0 Å². The Morgan fingerprint density at radius 1 is 1.80 bits per heavy atom. The SMILES string of the molecule is CC1(C)CC1CNc1scnc1C(=O)O. The zero-order chi connectivity index (χ0) is 11.1. The summed E-state index contributed by atoms with van der Waals surface area (Å²) in [4.78, 5) is 14.6. The van der Waals surface area contributed by atoms with Gasteiger partial charge in [-0.2, -0.15) is 0 Å². The van der Waals surface area contributed by atoms with Gasteiger partial charge in [-0.05, 0) is 17.8 Å². The summed E-state index contributed by atoms with van der Waals surface area (Å²) in [6.07, 6.45) is 1.21. The summed E-state index contributed by atoms with van der Waals surface area (Å²) < 4.78 is 0. The molecule has 1 aromatic heterocycles. The Morgan fingerprint density at radius 3 is 3.00 bits per heavy atom. The Hall–Kier alpha value is -1.10. The first-order valence-corrected chi connectivity index (χ1v) is 5.79. The van der Waals surface area contributed by atoms with Crippen molar-refractivity contribution in [1.29, 1.82) is 0 Å². The molecule has 15 heavy (non-hydrogen) atoms. The first-order chi connectivity index (χ1) is 7.00. The molecule has 0 radical (unpaired) electrons. The van der Waals surface area contributed by atoms with Gasteiger partial charge in [-0.1, -0.05) is 13.8 Å². The highest BCUT2D eigenvalue weighted by molar-refractivity contribution is 7.14. The third-order valence-electron chi connectivity index (χ3n) is 3.00. The second-order valence-corrected chi connectivity index (χ2v) is 5.46. The third kappa shape index (κ3) is 2.12. The number of nitrogens with one attached hydrogen (secondary N) is 1. The maximum atomic E-state index is 10.8. The number of carboxylic acid groups (broad SMARTS) is 1. The van der Waals surface area contributed by atoms with Gasteiger partial charge in [0.2, 0.25) is 0 Å². The lowest BCUT2D eigenvalue weighted by molar-refractivity contribution is 0.0692. The van der Waals surface area contributed by atoms with Crippen molar-refractivity contribution in [2.24, 2.45) is 11.3 Å². The molecule has 0 amide bonds. The zero-order valence-corrected chi connectivity index (χ0v) is 9.60. The van der Waals surface area contributed by atoms with Crippen LogP contribution in [0.5, 0.6) is 0 Å². The summed E-state index contributed by atoms with van der Waals surface area (Å²) in [5.74, 6) is -0.310. The molecular formula is C10H14N2O2S. The van der Waals surface area contributed by atoms with E-state index in [-0.39, 0.29) is 5.69 Å². The molecule has 1 fully saturated rings. The zero-order valence-electron chi connectivity index (χ0n) is 8.78. The van der Waals surface area contributed by atoms with Crippen molar-refractivity contribution in [1.82, 2.24) is 4.98 Å². The topological polar surface area (TPSA) is 62.2 Å². The Bertz CT molecular complexity index is 387. The van der Waals surface area contributed by atoms with Crippen LogP contribution < -0.4 is 5.32 Å². The molecular weight excluding hydrogens is 212 g/mol. The lowest BCUT2D eigenvalue weighted by atomic mass is 10.1. The van der Waals surface area contributed by atoms with Gasteiger partial charge in [0.05, 0.1) is 5.51 Å². The molecule has 0 aliphatic heterocycles. The smallest absolute Gasteiger partial charge is 0.357 e. The number of nitrogens with zero attached hydrogens (tertiary/aromatic N) is 1. The summed E-state index contributed by atoms with van der Waals surface area (Å²) in [6.45, 7) is 5.30. The second kappa shape index (κ2) is 3.48. The van der Waals surface area contributed by atoms with Crippen LogP contribution in [-0.4, -0.2) is 22.6 Å². The van der Waals surface area contributed by atoms with Crippen molar-refractivity contribution in [2.75, 3.05) is 11.9 Å². The first kappa shape index (κ1) is 10.4. The van der Waals surface area contributed by atoms with E-state index in [9.17, 15) is 4.79 Å². The highest BCUT2D eigenvalue weighted by Gasteiger charge is 2.45. The average Bonchev–Trinajstić information content (AvgIpc) is 2.63. The summed E-state index contributed by atoms with van der Waals surface area (Å²) in [5.41, 5.74) is 2.11. The minimum absolute atomic E-state index is 0.137. The van der Waals surface area contributed by atoms with E-state index >= 15 is 0 Å². The largest absolute Gasteiger partial charge is 0.476 e. The Balaban J connectivity index is 1.94. The highest BCUT2D eigenvalue weighted by Crippen LogP contribution is 2.51. The van der Waals surface area contributed by atoms with Crippen molar-refractivity contribution in [3.63, 3.8) is 0 Å². The number of thiazole rings is 1. The number of carboxylic acids is 1. The van der Waals surface area contributed by atoms with Gasteiger partial charge in [0.1, 0.15) is 5.00 Å². The van der Waals surface area contributed by atoms with Gasteiger partial charge in [0, 0.05) is 6.54 Å². The fourth-order valence-electron chi connectivity index (χ4n) is 1.66. The fourth-order valence-corrected chi connectivity index (χ4v) is 2.35. The van der Waals surface area contributed by atoms with E-state index in [1.807, 2.05) is 0 Å². The van der Waals surface area contributed by atoms with Crippen LogP contribution in [0.3, 0.4) is 0 Å². The molecule has 0 spiro atoms. The summed E-state index contributed by atoms with van der Waals surface area (Å²) in [6, 6.07) is 0. The van der Waals surface area contributed by atoms with Crippen molar-refractivity contribution in [2.45, 2.75) is 20.3 Å². The van der Waals surface area contributed by atoms with Crippen LogP contribution in [0, 0.1) is 11.3 Å². The van der Waals surface area contributed by atoms with Gasteiger partial charge in [-0.3, -0.25) is 0 Å². The van der Waals surface area contributed by atoms with Gasteiger partial charge >= 0.3 is 5.97 Å². The number of hydrogen-bond acceptors (Lipinski definition) is 4. The molecule has 82 valence electrons. The summed E-state index contributed by atoms with van der Waals surface area (Å²) in [5, 5.41) is 12.7. The number of carbonyl (C=O) groups is 1. The number of anilines is 1. The van der Waals surface area contributed by atoms with E-state index in [2.05, 4.69) is 24.1 Å². The van der Waals surface area contributed by atoms with Crippen LogP contribution in [0.2, 0.25) is 0 Å². The quantitative estimate of drug-likeness (QED) is 0.827.